The third-order valence-electron chi connectivity index (χ3n) is 2.81. The zero-order chi connectivity index (χ0) is 9.36. The first kappa shape index (κ1) is 11.2. The highest BCUT2D eigenvalue weighted by atomic mass is 28.2. The van der Waals surface area contributed by atoms with Crippen molar-refractivity contribution in [1.29, 1.82) is 0 Å². The molecule has 1 aliphatic carbocycles. The van der Waals surface area contributed by atoms with Crippen molar-refractivity contribution in [1.82, 2.24) is 5.32 Å². The maximum absolute atomic E-state index is 5.14. The summed E-state index contributed by atoms with van der Waals surface area (Å²) in [6.07, 6.45) is 8.45. The Hall–Kier alpha value is 0.137. The Bertz CT molecular complexity index is 115. The Morgan fingerprint density at radius 2 is 2.08 bits per heavy atom. The molecular formula is C10H23NOSi. The maximum Gasteiger partial charge on any atom is 0.161 e. The Labute approximate surface area is 84.4 Å². The standard InChI is InChI=1S/C10H23NOSi/c1-12-13-9-5-8-11-10-6-3-2-4-7-10/h10-11H,2-9,13H2,1H3. The van der Waals surface area contributed by atoms with E-state index in [9.17, 15) is 0 Å². The molecule has 0 radical (unpaired) electrons. The van der Waals surface area contributed by atoms with E-state index in [1.54, 1.807) is 0 Å². The van der Waals surface area contributed by atoms with Crippen LogP contribution < -0.4 is 5.32 Å². The van der Waals surface area contributed by atoms with E-state index in [-0.39, 0.29) is 9.76 Å². The molecule has 0 aromatic carbocycles. The SMILES string of the molecule is CO[SiH2]CCCNC1CCCCC1. The largest absolute Gasteiger partial charge is 0.427 e. The van der Waals surface area contributed by atoms with Gasteiger partial charge in [-0.15, -0.1) is 0 Å². The summed E-state index contributed by atoms with van der Waals surface area (Å²) in [4.78, 5) is 0. The second-order valence-electron chi connectivity index (χ2n) is 3.99. The molecule has 1 rings (SSSR count). The monoisotopic (exact) mass is 201 g/mol. The fourth-order valence-electron chi connectivity index (χ4n) is 1.98. The normalized spacial score (nSPS) is 20.1. The number of hydrogen-bond donors (Lipinski definition) is 1. The van der Waals surface area contributed by atoms with Crippen LogP contribution in [0.4, 0.5) is 0 Å². The average Bonchev–Trinajstić information content (AvgIpc) is 2.19. The lowest BCUT2D eigenvalue weighted by atomic mass is 9.95. The minimum Gasteiger partial charge on any atom is -0.427 e. The van der Waals surface area contributed by atoms with Crippen LogP contribution in [0.2, 0.25) is 6.04 Å². The summed E-state index contributed by atoms with van der Waals surface area (Å²) < 4.78 is 5.14. The minimum atomic E-state index is -0.167. The maximum atomic E-state index is 5.14. The fraction of sp³-hybridized carbons (Fsp3) is 1.00. The van der Waals surface area contributed by atoms with Crippen LogP contribution in [0, 0.1) is 0 Å². The van der Waals surface area contributed by atoms with Crippen LogP contribution in [-0.4, -0.2) is 29.5 Å². The fourth-order valence-corrected chi connectivity index (χ4v) is 2.73. The molecule has 0 saturated heterocycles. The summed E-state index contributed by atoms with van der Waals surface area (Å²) in [6, 6.07) is 2.16. The van der Waals surface area contributed by atoms with Gasteiger partial charge in [0, 0.05) is 13.2 Å². The molecule has 3 heteroatoms. The van der Waals surface area contributed by atoms with Crippen LogP contribution in [0.25, 0.3) is 0 Å². The predicted molar refractivity (Wildman–Crippen MR) is 59.9 cm³/mol. The van der Waals surface area contributed by atoms with Gasteiger partial charge in [0.1, 0.15) is 0 Å². The van der Waals surface area contributed by atoms with Gasteiger partial charge in [0.05, 0.1) is 0 Å². The van der Waals surface area contributed by atoms with Gasteiger partial charge in [0.15, 0.2) is 9.76 Å². The molecule has 0 bridgehead atoms. The van der Waals surface area contributed by atoms with Crippen LogP contribution in [0.1, 0.15) is 38.5 Å². The molecule has 0 unspecified atom stereocenters. The van der Waals surface area contributed by atoms with E-state index in [1.165, 1.54) is 51.1 Å². The molecule has 1 aliphatic rings. The van der Waals surface area contributed by atoms with Crippen LogP contribution in [-0.2, 0) is 4.43 Å². The molecule has 0 atom stereocenters. The molecule has 1 N–H and O–H groups in total. The van der Waals surface area contributed by atoms with Gasteiger partial charge in [-0.1, -0.05) is 19.3 Å². The topological polar surface area (TPSA) is 21.3 Å². The van der Waals surface area contributed by atoms with Crippen molar-refractivity contribution in [3.63, 3.8) is 0 Å². The van der Waals surface area contributed by atoms with E-state index in [1.807, 2.05) is 7.11 Å². The smallest absolute Gasteiger partial charge is 0.161 e. The first-order valence-electron chi connectivity index (χ1n) is 5.66. The molecule has 0 aliphatic heterocycles. The van der Waals surface area contributed by atoms with E-state index >= 15 is 0 Å². The van der Waals surface area contributed by atoms with Crippen LogP contribution >= 0.6 is 0 Å². The summed E-state index contributed by atoms with van der Waals surface area (Å²) in [6.45, 7) is 1.21. The molecule has 1 fully saturated rings. The summed E-state index contributed by atoms with van der Waals surface area (Å²) in [5.41, 5.74) is 0. The lowest BCUT2D eigenvalue weighted by molar-refractivity contribution is 0.373. The Morgan fingerprint density at radius 3 is 2.77 bits per heavy atom. The molecule has 0 aromatic rings. The highest BCUT2D eigenvalue weighted by Gasteiger charge is 2.11. The molecule has 0 spiro atoms. The summed E-state index contributed by atoms with van der Waals surface area (Å²) in [7, 11) is 1.67. The molecule has 0 amide bonds. The average molecular weight is 201 g/mol. The molecule has 1 saturated carbocycles. The van der Waals surface area contributed by atoms with Crippen LogP contribution in [0.3, 0.4) is 0 Å². The van der Waals surface area contributed by atoms with Crippen molar-refractivity contribution in [3.8, 4) is 0 Å². The van der Waals surface area contributed by atoms with Crippen molar-refractivity contribution in [2.75, 3.05) is 13.7 Å². The van der Waals surface area contributed by atoms with Crippen molar-refractivity contribution < 1.29 is 4.43 Å². The second kappa shape index (κ2) is 7.53. The van der Waals surface area contributed by atoms with Crippen molar-refractivity contribution in [3.05, 3.63) is 0 Å². The number of hydrogen-bond acceptors (Lipinski definition) is 2. The third kappa shape index (κ3) is 5.44. The van der Waals surface area contributed by atoms with Gasteiger partial charge in [-0.2, -0.15) is 0 Å². The quantitative estimate of drug-likeness (QED) is 0.519. The zero-order valence-corrected chi connectivity index (χ0v) is 10.3. The van der Waals surface area contributed by atoms with Gasteiger partial charge in [-0.25, -0.2) is 0 Å². The van der Waals surface area contributed by atoms with E-state index in [0.717, 1.165) is 6.04 Å². The lowest BCUT2D eigenvalue weighted by Crippen LogP contribution is -2.31. The van der Waals surface area contributed by atoms with Gasteiger partial charge in [-0.05, 0) is 31.9 Å². The Kier molecular flexibility index (Phi) is 6.50. The first-order chi connectivity index (χ1) is 6.43. The highest BCUT2D eigenvalue weighted by molar-refractivity contribution is 6.26. The van der Waals surface area contributed by atoms with Crippen molar-refractivity contribution >= 4 is 9.76 Å². The van der Waals surface area contributed by atoms with Gasteiger partial charge >= 0.3 is 0 Å². The molecule has 0 heterocycles. The van der Waals surface area contributed by atoms with Gasteiger partial charge in [-0.3, -0.25) is 0 Å². The Balaban J connectivity index is 1.86. The summed E-state index contributed by atoms with van der Waals surface area (Å²) in [5, 5.41) is 3.65. The van der Waals surface area contributed by atoms with Crippen LogP contribution in [0.15, 0.2) is 0 Å². The highest BCUT2D eigenvalue weighted by Crippen LogP contribution is 2.17. The number of rotatable bonds is 6. The van der Waals surface area contributed by atoms with E-state index in [4.69, 9.17) is 4.43 Å². The molecule has 0 aromatic heterocycles. The second-order valence-corrected chi connectivity index (χ2v) is 5.68. The Morgan fingerprint density at radius 1 is 1.31 bits per heavy atom. The van der Waals surface area contributed by atoms with Gasteiger partial charge in [0.2, 0.25) is 0 Å². The lowest BCUT2D eigenvalue weighted by Gasteiger charge is -2.22. The molecular weight excluding hydrogens is 178 g/mol. The predicted octanol–water partition coefficient (Wildman–Crippen LogP) is 1.45. The summed E-state index contributed by atoms with van der Waals surface area (Å²) >= 11 is 0. The molecule has 2 nitrogen and oxygen atoms in total. The van der Waals surface area contributed by atoms with Crippen molar-refractivity contribution in [2.45, 2.75) is 50.6 Å². The van der Waals surface area contributed by atoms with Crippen LogP contribution in [0.5, 0.6) is 0 Å². The van der Waals surface area contributed by atoms with E-state index in [0.29, 0.717) is 0 Å². The number of nitrogens with one attached hydrogen (secondary N) is 1. The first-order valence-corrected chi connectivity index (χ1v) is 7.23. The minimum absolute atomic E-state index is 0.167. The van der Waals surface area contributed by atoms with Gasteiger partial charge in [0.25, 0.3) is 0 Å². The van der Waals surface area contributed by atoms with E-state index in [2.05, 4.69) is 5.32 Å². The molecule has 78 valence electrons. The van der Waals surface area contributed by atoms with Crippen molar-refractivity contribution in [2.24, 2.45) is 0 Å². The molecule has 13 heavy (non-hydrogen) atoms. The third-order valence-corrected chi connectivity index (χ3v) is 4.01. The zero-order valence-electron chi connectivity index (χ0n) is 8.85. The summed E-state index contributed by atoms with van der Waals surface area (Å²) in [5.74, 6) is 0. The van der Waals surface area contributed by atoms with E-state index < -0.39 is 0 Å². The van der Waals surface area contributed by atoms with Gasteiger partial charge < -0.3 is 9.74 Å².